The lowest BCUT2D eigenvalue weighted by molar-refractivity contribution is 0.628. The third-order valence-electron chi connectivity index (χ3n) is 4.66. The zero-order valence-corrected chi connectivity index (χ0v) is 15.8. The van der Waals surface area contributed by atoms with E-state index in [1.54, 1.807) is 36.5 Å². The van der Waals surface area contributed by atoms with Gasteiger partial charge in [0.2, 0.25) is 0 Å². The summed E-state index contributed by atoms with van der Waals surface area (Å²) in [6.07, 6.45) is 3.11. The van der Waals surface area contributed by atoms with Crippen molar-refractivity contribution < 1.29 is 4.39 Å². The van der Waals surface area contributed by atoms with Gasteiger partial charge in [-0.05, 0) is 29.8 Å². The summed E-state index contributed by atoms with van der Waals surface area (Å²) in [6, 6.07) is 12.8. The Labute approximate surface area is 167 Å². The van der Waals surface area contributed by atoms with E-state index >= 15 is 0 Å². The third kappa shape index (κ3) is 3.03. The highest BCUT2D eigenvalue weighted by atomic mass is 32.1. The summed E-state index contributed by atoms with van der Waals surface area (Å²) in [4.78, 5) is 34.1. The average Bonchev–Trinajstić information content (AvgIpc) is 3.16. The minimum atomic E-state index is -0.317. The highest BCUT2D eigenvalue weighted by Crippen LogP contribution is 2.30. The van der Waals surface area contributed by atoms with E-state index in [0.29, 0.717) is 21.6 Å². The van der Waals surface area contributed by atoms with Crippen molar-refractivity contribution in [2.45, 2.75) is 6.54 Å². The summed E-state index contributed by atoms with van der Waals surface area (Å²) in [5.74, 6) is -0.317. The Balaban J connectivity index is 1.57. The SMILES string of the molecule is O=c1c2scc(-c3ccc(F)cc3)c2ncn1Cc1cc(=O)n2ccccc2n1. The van der Waals surface area contributed by atoms with Crippen LogP contribution in [0.25, 0.3) is 27.0 Å². The Morgan fingerprint density at radius 1 is 1.07 bits per heavy atom. The van der Waals surface area contributed by atoms with Gasteiger partial charge in [0.25, 0.3) is 11.1 Å². The molecule has 0 bridgehead atoms. The van der Waals surface area contributed by atoms with Gasteiger partial charge >= 0.3 is 0 Å². The van der Waals surface area contributed by atoms with Crippen molar-refractivity contribution >= 4 is 27.2 Å². The van der Waals surface area contributed by atoms with Crippen LogP contribution in [0.1, 0.15) is 5.69 Å². The highest BCUT2D eigenvalue weighted by Gasteiger charge is 2.13. The quantitative estimate of drug-likeness (QED) is 0.463. The maximum Gasteiger partial charge on any atom is 0.271 e. The number of hydrogen-bond donors (Lipinski definition) is 0. The molecule has 0 aliphatic rings. The minimum Gasteiger partial charge on any atom is -0.292 e. The molecule has 5 aromatic rings. The smallest absolute Gasteiger partial charge is 0.271 e. The largest absolute Gasteiger partial charge is 0.292 e. The Morgan fingerprint density at radius 3 is 2.72 bits per heavy atom. The van der Waals surface area contributed by atoms with Gasteiger partial charge in [0.15, 0.2) is 0 Å². The lowest BCUT2D eigenvalue weighted by Gasteiger charge is -2.07. The number of benzene rings is 1. The fourth-order valence-corrected chi connectivity index (χ4v) is 4.22. The minimum absolute atomic E-state index is 0.145. The second-order valence-electron chi connectivity index (χ2n) is 6.53. The molecule has 0 aliphatic carbocycles. The molecule has 0 radical (unpaired) electrons. The van der Waals surface area contributed by atoms with Crippen molar-refractivity contribution in [2.75, 3.05) is 0 Å². The second kappa shape index (κ2) is 6.75. The van der Waals surface area contributed by atoms with Crippen LogP contribution >= 0.6 is 11.3 Å². The molecule has 6 nitrogen and oxygen atoms in total. The highest BCUT2D eigenvalue weighted by molar-refractivity contribution is 7.17. The summed E-state index contributed by atoms with van der Waals surface area (Å²) >= 11 is 1.29. The third-order valence-corrected chi connectivity index (χ3v) is 5.61. The van der Waals surface area contributed by atoms with Gasteiger partial charge in [0, 0.05) is 23.2 Å². The van der Waals surface area contributed by atoms with Gasteiger partial charge in [0.05, 0.1) is 24.1 Å². The van der Waals surface area contributed by atoms with Gasteiger partial charge in [-0.25, -0.2) is 14.4 Å². The maximum absolute atomic E-state index is 13.2. The van der Waals surface area contributed by atoms with E-state index in [4.69, 9.17) is 0 Å². The monoisotopic (exact) mass is 404 g/mol. The maximum atomic E-state index is 13.2. The number of aromatic nitrogens is 4. The number of fused-ring (bicyclic) bond motifs is 2. The van der Waals surface area contributed by atoms with Crippen molar-refractivity contribution in [1.82, 2.24) is 18.9 Å². The van der Waals surface area contributed by atoms with Crippen molar-refractivity contribution in [3.05, 3.63) is 98.7 Å². The van der Waals surface area contributed by atoms with E-state index in [9.17, 15) is 14.0 Å². The number of halogens is 1. The van der Waals surface area contributed by atoms with Gasteiger partial charge in [-0.1, -0.05) is 18.2 Å². The fourth-order valence-electron chi connectivity index (χ4n) is 3.25. The molecule has 4 aromatic heterocycles. The number of thiophene rings is 1. The zero-order chi connectivity index (χ0) is 20.0. The predicted molar refractivity (Wildman–Crippen MR) is 110 cm³/mol. The molecule has 0 aliphatic heterocycles. The van der Waals surface area contributed by atoms with E-state index in [1.807, 2.05) is 5.38 Å². The molecule has 29 heavy (non-hydrogen) atoms. The van der Waals surface area contributed by atoms with Crippen LogP contribution < -0.4 is 11.1 Å². The van der Waals surface area contributed by atoms with Crippen LogP contribution in [0.2, 0.25) is 0 Å². The molecule has 0 fully saturated rings. The molecular formula is C21H13FN4O2S. The molecule has 0 N–H and O–H groups in total. The normalized spacial score (nSPS) is 11.3. The first kappa shape index (κ1) is 17.4. The van der Waals surface area contributed by atoms with E-state index < -0.39 is 0 Å². The Kier molecular flexibility index (Phi) is 4.06. The van der Waals surface area contributed by atoms with Crippen molar-refractivity contribution in [1.29, 1.82) is 0 Å². The number of hydrogen-bond acceptors (Lipinski definition) is 5. The second-order valence-corrected chi connectivity index (χ2v) is 7.41. The van der Waals surface area contributed by atoms with Gasteiger partial charge < -0.3 is 0 Å². The Hall–Kier alpha value is -3.65. The average molecular weight is 404 g/mol. The summed E-state index contributed by atoms with van der Waals surface area (Å²) in [7, 11) is 0. The predicted octanol–water partition coefficient (Wildman–Crippen LogP) is 3.32. The van der Waals surface area contributed by atoms with Gasteiger partial charge in [-0.3, -0.25) is 18.6 Å². The van der Waals surface area contributed by atoms with Crippen molar-refractivity contribution in [2.24, 2.45) is 0 Å². The van der Waals surface area contributed by atoms with Crippen LogP contribution in [-0.4, -0.2) is 18.9 Å². The molecule has 0 spiro atoms. The number of nitrogens with zero attached hydrogens (tertiary/aromatic N) is 4. The van der Waals surface area contributed by atoms with Crippen LogP contribution in [0.3, 0.4) is 0 Å². The molecule has 5 rings (SSSR count). The van der Waals surface area contributed by atoms with Gasteiger partial charge in [-0.15, -0.1) is 11.3 Å². The molecule has 0 saturated carbocycles. The Bertz CT molecular complexity index is 1490. The van der Waals surface area contributed by atoms with Crippen molar-refractivity contribution in [3.63, 3.8) is 0 Å². The first-order valence-electron chi connectivity index (χ1n) is 8.80. The van der Waals surface area contributed by atoms with Crippen LogP contribution in [0.15, 0.2) is 76.0 Å². The fraction of sp³-hybridized carbons (Fsp3) is 0.0476. The molecule has 1 aromatic carbocycles. The lowest BCUT2D eigenvalue weighted by Crippen LogP contribution is -2.23. The van der Waals surface area contributed by atoms with Crippen molar-refractivity contribution in [3.8, 4) is 11.1 Å². The lowest BCUT2D eigenvalue weighted by atomic mass is 10.1. The first-order valence-corrected chi connectivity index (χ1v) is 9.68. The summed E-state index contributed by atoms with van der Waals surface area (Å²) in [6.45, 7) is 0.145. The standard InChI is InChI=1S/C21H13FN4O2S/c22-14-6-4-13(5-7-14)16-11-29-20-19(16)23-12-25(21(20)28)10-15-9-18(27)26-8-2-1-3-17(26)24-15/h1-9,11-12H,10H2. The molecule has 0 atom stereocenters. The zero-order valence-electron chi connectivity index (χ0n) is 14.9. The molecule has 0 unspecified atom stereocenters. The molecular weight excluding hydrogens is 391 g/mol. The summed E-state index contributed by atoms with van der Waals surface area (Å²) < 4.78 is 16.6. The van der Waals surface area contributed by atoms with Crippen LogP contribution in [0, 0.1) is 5.82 Å². The Morgan fingerprint density at radius 2 is 1.90 bits per heavy atom. The van der Waals surface area contributed by atoms with E-state index in [1.165, 1.54) is 44.8 Å². The van der Waals surface area contributed by atoms with Gasteiger partial charge in [0.1, 0.15) is 16.2 Å². The van der Waals surface area contributed by atoms with Gasteiger partial charge in [-0.2, -0.15) is 0 Å². The van der Waals surface area contributed by atoms with Crippen LogP contribution in [-0.2, 0) is 6.54 Å². The summed E-state index contributed by atoms with van der Waals surface area (Å²) in [5, 5.41) is 1.84. The van der Waals surface area contributed by atoms with Crippen LogP contribution in [0.5, 0.6) is 0 Å². The molecule has 0 saturated heterocycles. The number of pyridine rings is 1. The molecule has 8 heteroatoms. The van der Waals surface area contributed by atoms with E-state index in [-0.39, 0.29) is 23.5 Å². The summed E-state index contributed by atoms with van der Waals surface area (Å²) in [5.41, 5.74) is 2.76. The van der Waals surface area contributed by atoms with E-state index in [2.05, 4.69) is 9.97 Å². The van der Waals surface area contributed by atoms with Crippen LogP contribution in [0.4, 0.5) is 4.39 Å². The molecule has 0 amide bonds. The topological polar surface area (TPSA) is 69.3 Å². The van der Waals surface area contributed by atoms with E-state index in [0.717, 1.165) is 11.1 Å². The first-order chi connectivity index (χ1) is 14.1. The molecule has 142 valence electrons. The molecule has 4 heterocycles. The number of rotatable bonds is 3.